The molecule has 1 aliphatic heterocycles. The summed E-state index contributed by atoms with van der Waals surface area (Å²) in [4.78, 5) is 0. The Morgan fingerprint density at radius 2 is 1.71 bits per heavy atom. The van der Waals surface area contributed by atoms with Crippen LogP contribution in [0.4, 0.5) is 0 Å². The summed E-state index contributed by atoms with van der Waals surface area (Å²) in [7, 11) is -1.63. The highest BCUT2D eigenvalue weighted by Crippen LogP contribution is 2.55. The molecule has 0 aromatic heterocycles. The second-order valence-corrected chi connectivity index (χ2v) is 7.81. The van der Waals surface area contributed by atoms with E-state index in [0.29, 0.717) is 39.3 Å². The van der Waals surface area contributed by atoms with Crippen LogP contribution in [0.1, 0.15) is 25.8 Å². The van der Waals surface area contributed by atoms with Gasteiger partial charge in [-0.25, -0.2) is 0 Å². The number of hydrogen-bond acceptors (Lipinski definition) is 6. The molecule has 0 aliphatic carbocycles. The van der Waals surface area contributed by atoms with Crippen molar-refractivity contribution in [1.82, 2.24) is 0 Å². The molecule has 0 spiro atoms. The average Bonchev–Trinajstić information content (AvgIpc) is 3.08. The fourth-order valence-corrected chi connectivity index (χ4v) is 4.81. The van der Waals surface area contributed by atoms with E-state index in [0.717, 1.165) is 11.3 Å². The molecule has 1 aromatic rings. The predicted molar refractivity (Wildman–Crippen MR) is 91.7 cm³/mol. The molecule has 24 heavy (non-hydrogen) atoms. The molecule has 0 bridgehead atoms. The Morgan fingerprint density at radius 3 is 2.21 bits per heavy atom. The lowest BCUT2D eigenvalue weighted by atomic mass is 10.1. The Morgan fingerprint density at radius 1 is 1.12 bits per heavy atom. The van der Waals surface area contributed by atoms with Crippen molar-refractivity contribution >= 4 is 7.60 Å². The van der Waals surface area contributed by atoms with E-state index in [9.17, 15) is 4.57 Å². The van der Waals surface area contributed by atoms with Gasteiger partial charge in [0.2, 0.25) is 0 Å². The van der Waals surface area contributed by atoms with Gasteiger partial charge in [-0.1, -0.05) is 12.1 Å². The third kappa shape index (κ3) is 5.30. The molecule has 6 nitrogen and oxygen atoms in total. The maximum absolute atomic E-state index is 13.2. The van der Waals surface area contributed by atoms with Crippen molar-refractivity contribution in [3.63, 3.8) is 0 Å². The molecular formula is C17H27O6P. The van der Waals surface area contributed by atoms with Crippen LogP contribution in [-0.4, -0.2) is 45.5 Å². The average molecular weight is 358 g/mol. The van der Waals surface area contributed by atoms with Crippen LogP contribution >= 0.6 is 7.60 Å². The van der Waals surface area contributed by atoms with Gasteiger partial charge in [-0.2, -0.15) is 0 Å². The first-order valence-corrected chi connectivity index (χ1v) is 9.97. The van der Waals surface area contributed by atoms with Crippen LogP contribution in [0.2, 0.25) is 0 Å². The lowest BCUT2D eigenvalue weighted by molar-refractivity contribution is -0.0483. The standard InChI is InChI=1S/C17H27O6P/c1-4-22-24(18,23-5-2)16(13-17-20-10-11-21-17)12-14-6-8-15(19-3)9-7-14/h6-9,16-17H,4-5,10-13H2,1-3H3. The molecule has 136 valence electrons. The van der Waals surface area contributed by atoms with Gasteiger partial charge < -0.3 is 23.3 Å². The highest BCUT2D eigenvalue weighted by atomic mass is 31.2. The first kappa shape index (κ1) is 19.4. The van der Waals surface area contributed by atoms with Gasteiger partial charge in [-0.3, -0.25) is 4.57 Å². The van der Waals surface area contributed by atoms with Crippen molar-refractivity contribution in [2.45, 2.75) is 38.6 Å². The number of methoxy groups -OCH3 is 1. The van der Waals surface area contributed by atoms with E-state index in [1.807, 2.05) is 38.1 Å². The summed E-state index contributed by atoms with van der Waals surface area (Å²) >= 11 is 0. The molecule has 1 fully saturated rings. The normalized spacial score (nSPS) is 17.1. The highest BCUT2D eigenvalue weighted by Gasteiger charge is 2.38. The molecule has 1 unspecified atom stereocenters. The summed E-state index contributed by atoms with van der Waals surface area (Å²) in [5.74, 6) is 0.788. The summed E-state index contributed by atoms with van der Waals surface area (Å²) < 4.78 is 40.6. The monoisotopic (exact) mass is 358 g/mol. The van der Waals surface area contributed by atoms with Crippen LogP contribution in [0.25, 0.3) is 0 Å². The van der Waals surface area contributed by atoms with Gasteiger partial charge in [-0.15, -0.1) is 0 Å². The van der Waals surface area contributed by atoms with E-state index < -0.39 is 7.60 Å². The summed E-state index contributed by atoms with van der Waals surface area (Å²) in [6.45, 7) is 5.43. The van der Waals surface area contributed by atoms with Crippen molar-refractivity contribution in [1.29, 1.82) is 0 Å². The van der Waals surface area contributed by atoms with Crippen LogP contribution < -0.4 is 4.74 Å². The van der Waals surface area contributed by atoms with E-state index in [-0.39, 0.29) is 11.9 Å². The molecule has 0 N–H and O–H groups in total. The molecule has 7 heteroatoms. The minimum Gasteiger partial charge on any atom is -0.497 e. The van der Waals surface area contributed by atoms with E-state index >= 15 is 0 Å². The van der Waals surface area contributed by atoms with Gasteiger partial charge in [0.1, 0.15) is 5.75 Å². The summed E-state index contributed by atoms with van der Waals surface area (Å²) in [5.41, 5.74) is 0.715. The molecule has 1 saturated heterocycles. The molecule has 0 radical (unpaired) electrons. The lowest BCUT2D eigenvalue weighted by Gasteiger charge is -2.28. The molecule has 2 rings (SSSR count). The lowest BCUT2D eigenvalue weighted by Crippen LogP contribution is -2.23. The smallest absolute Gasteiger partial charge is 0.334 e. The van der Waals surface area contributed by atoms with E-state index in [4.69, 9.17) is 23.3 Å². The van der Waals surface area contributed by atoms with Crippen molar-refractivity contribution in [2.24, 2.45) is 0 Å². The first-order valence-electron chi connectivity index (χ1n) is 8.36. The third-order valence-corrected chi connectivity index (χ3v) is 6.38. The molecule has 0 saturated carbocycles. The molecule has 1 atom stereocenters. The number of benzene rings is 1. The zero-order chi connectivity index (χ0) is 17.4. The fourth-order valence-electron chi connectivity index (χ4n) is 2.73. The van der Waals surface area contributed by atoms with Crippen LogP contribution in [0.5, 0.6) is 5.75 Å². The molecule has 1 aromatic carbocycles. The van der Waals surface area contributed by atoms with E-state index in [1.54, 1.807) is 7.11 Å². The van der Waals surface area contributed by atoms with Crippen LogP contribution in [0.15, 0.2) is 24.3 Å². The largest absolute Gasteiger partial charge is 0.497 e. The highest BCUT2D eigenvalue weighted by molar-refractivity contribution is 7.54. The van der Waals surface area contributed by atoms with Crippen molar-refractivity contribution in [3.05, 3.63) is 29.8 Å². The van der Waals surface area contributed by atoms with E-state index in [2.05, 4.69) is 0 Å². The Labute approximate surface area is 143 Å². The second-order valence-electron chi connectivity index (χ2n) is 5.49. The quantitative estimate of drug-likeness (QED) is 0.595. The van der Waals surface area contributed by atoms with Crippen molar-refractivity contribution < 1.29 is 27.8 Å². The predicted octanol–water partition coefficient (Wildman–Crippen LogP) is 3.64. The Hall–Kier alpha value is -0.910. The van der Waals surface area contributed by atoms with Gasteiger partial charge in [0.05, 0.1) is 39.2 Å². The minimum atomic E-state index is -3.26. The molecule has 1 aliphatic rings. The summed E-state index contributed by atoms with van der Waals surface area (Å²) in [5, 5.41) is 0. The van der Waals surface area contributed by atoms with Gasteiger partial charge in [-0.05, 0) is 38.0 Å². The minimum absolute atomic E-state index is 0.325. The third-order valence-electron chi connectivity index (χ3n) is 3.85. The Balaban J connectivity index is 2.17. The van der Waals surface area contributed by atoms with Crippen molar-refractivity contribution in [2.75, 3.05) is 33.5 Å². The summed E-state index contributed by atoms with van der Waals surface area (Å²) in [6, 6.07) is 7.71. The topological polar surface area (TPSA) is 63.2 Å². The van der Waals surface area contributed by atoms with Crippen molar-refractivity contribution in [3.8, 4) is 5.75 Å². The van der Waals surface area contributed by atoms with Gasteiger partial charge in [0, 0.05) is 6.42 Å². The van der Waals surface area contributed by atoms with Crippen LogP contribution in [-0.2, 0) is 29.5 Å². The van der Waals surface area contributed by atoms with Crippen LogP contribution in [0.3, 0.4) is 0 Å². The molecule has 0 amide bonds. The molecular weight excluding hydrogens is 331 g/mol. The Bertz CT molecular complexity index is 516. The summed E-state index contributed by atoms with van der Waals surface area (Å²) in [6.07, 6.45) is 0.677. The van der Waals surface area contributed by atoms with Gasteiger partial charge in [0.15, 0.2) is 6.29 Å². The molecule has 1 heterocycles. The maximum atomic E-state index is 13.2. The number of hydrogen-bond donors (Lipinski definition) is 0. The van der Waals surface area contributed by atoms with Crippen LogP contribution in [0, 0.1) is 0 Å². The SMILES string of the molecule is CCOP(=O)(OCC)C(Cc1ccc(OC)cc1)CC1OCCO1. The first-order chi connectivity index (χ1) is 11.6. The fraction of sp³-hybridized carbons (Fsp3) is 0.647. The number of rotatable bonds is 10. The maximum Gasteiger partial charge on any atom is 0.334 e. The number of ether oxygens (including phenoxy) is 3. The van der Waals surface area contributed by atoms with Gasteiger partial charge in [0.25, 0.3) is 0 Å². The second kappa shape index (κ2) is 9.54. The Kier molecular flexibility index (Phi) is 7.72. The van der Waals surface area contributed by atoms with Gasteiger partial charge >= 0.3 is 7.60 Å². The zero-order valence-electron chi connectivity index (χ0n) is 14.6. The zero-order valence-corrected chi connectivity index (χ0v) is 15.5. The van der Waals surface area contributed by atoms with E-state index in [1.165, 1.54) is 0 Å².